The average Bonchev–Trinajstić information content (AvgIpc) is 3.11. The monoisotopic (exact) mass is 410 g/mol. The van der Waals surface area contributed by atoms with Gasteiger partial charge in [0.05, 0.1) is 17.4 Å². The summed E-state index contributed by atoms with van der Waals surface area (Å²) >= 11 is 1.31. The number of primary amides is 1. The molecule has 2 amide bonds. The maximum Gasteiger partial charge on any atom is 0.307 e. The third-order valence-electron chi connectivity index (χ3n) is 5.84. The number of nitrogens with one attached hydrogen (secondary N) is 1. The molecule has 29 heavy (non-hydrogen) atoms. The maximum absolute atomic E-state index is 13.1. The summed E-state index contributed by atoms with van der Waals surface area (Å²) in [5.74, 6) is -3.52. The number of aliphatic carboxylic acids is 1. The molecule has 2 aromatic rings. The largest absolute Gasteiger partial charge is 0.481 e. The third-order valence-corrected chi connectivity index (χ3v) is 6.89. The number of fused-ring (bicyclic) bond motifs is 2. The van der Waals surface area contributed by atoms with Gasteiger partial charge in [-0.1, -0.05) is 42.5 Å². The highest BCUT2D eigenvalue weighted by Gasteiger charge is 2.48. The van der Waals surface area contributed by atoms with Crippen LogP contribution in [0.25, 0.3) is 0 Å². The molecule has 0 unspecified atom stereocenters. The molecule has 0 spiro atoms. The third kappa shape index (κ3) is 3.82. The molecule has 1 saturated carbocycles. The van der Waals surface area contributed by atoms with Gasteiger partial charge < -0.3 is 16.2 Å². The van der Waals surface area contributed by atoms with Crippen molar-refractivity contribution in [2.75, 3.05) is 5.32 Å². The van der Waals surface area contributed by atoms with Crippen molar-refractivity contribution < 1.29 is 19.5 Å². The van der Waals surface area contributed by atoms with Crippen LogP contribution in [0.5, 0.6) is 0 Å². The molecule has 3 aliphatic rings. The van der Waals surface area contributed by atoms with Gasteiger partial charge in [-0.2, -0.15) is 0 Å². The first-order chi connectivity index (χ1) is 13.9. The molecular weight excluding hydrogens is 388 g/mol. The van der Waals surface area contributed by atoms with Crippen LogP contribution in [0, 0.1) is 23.7 Å². The molecule has 0 aliphatic heterocycles. The van der Waals surface area contributed by atoms with Crippen molar-refractivity contribution in [3.05, 3.63) is 64.6 Å². The van der Waals surface area contributed by atoms with Crippen LogP contribution < -0.4 is 11.1 Å². The van der Waals surface area contributed by atoms with Gasteiger partial charge >= 0.3 is 5.97 Å². The fraction of sp³-hybridized carbons (Fsp3) is 0.318. The Morgan fingerprint density at radius 3 is 2.31 bits per heavy atom. The highest BCUT2D eigenvalue weighted by molar-refractivity contribution is 7.16. The first-order valence-electron chi connectivity index (χ1n) is 9.62. The van der Waals surface area contributed by atoms with Crippen LogP contribution in [0.4, 0.5) is 5.00 Å². The van der Waals surface area contributed by atoms with E-state index in [-0.39, 0.29) is 23.3 Å². The van der Waals surface area contributed by atoms with Crippen molar-refractivity contribution in [1.82, 2.24) is 0 Å². The van der Waals surface area contributed by atoms with E-state index >= 15 is 0 Å². The molecule has 1 heterocycles. The molecule has 150 valence electrons. The minimum absolute atomic E-state index is 0.0955. The van der Waals surface area contributed by atoms with Crippen molar-refractivity contribution in [3.8, 4) is 0 Å². The lowest BCUT2D eigenvalue weighted by atomic mass is 9.62. The number of hydrogen-bond acceptors (Lipinski definition) is 4. The predicted octanol–water partition coefficient (Wildman–Crippen LogP) is 3.29. The summed E-state index contributed by atoms with van der Waals surface area (Å²) < 4.78 is 0. The Morgan fingerprint density at radius 1 is 1.07 bits per heavy atom. The summed E-state index contributed by atoms with van der Waals surface area (Å²) in [5.41, 5.74) is 6.87. The van der Waals surface area contributed by atoms with Crippen molar-refractivity contribution in [1.29, 1.82) is 0 Å². The number of carboxylic acid groups (broad SMARTS) is 1. The number of hydrogen-bond donors (Lipinski definition) is 3. The van der Waals surface area contributed by atoms with Crippen LogP contribution in [0.1, 0.15) is 33.6 Å². The molecule has 2 bridgehead atoms. The van der Waals surface area contributed by atoms with Crippen molar-refractivity contribution in [2.45, 2.75) is 19.3 Å². The van der Waals surface area contributed by atoms with Gasteiger partial charge in [-0.25, -0.2) is 0 Å². The van der Waals surface area contributed by atoms with Gasteiger partial charge in [0.2, 0.25) is 5.91 Å². The highest BCUT2D eigenvalue weighted by Crippen LogP contribution is 2.45. The van der Waals surface area contributed by atoms with Crippen LogP contribution in [-0.4, -0.2) is 22.9 Å². The molecule has 1 fully saturated rings. The molecule has 1 aromatic heterocycles. The van der Waals surface area contributed by atoms with Gasteiger partial charge in [-0.05, 0) is 36.3 Å². The highest BCUT2D eigenvalue weighted by atomic mass is 32.1. The van der Waals surface area contributed by atoms with E-state index in [0.717, 1.165) is 23.3 Å². The quantitative estimate of drug-likeness (QED) is 0.635. The Labute approximate surface area is 172 Å². The number of amides is 2. The van der Waals surface area contributed by atoms with Gasteiger partial charge in [0.15, 0.2) is 0 Å². The second-order valence-corrected chi connectivity index (χ2v) is 8.79. The summed E-state index contributed by atoms with van der Waals surface area (Å²) in [6, 6.07) is 11.5. The summed E-state index contributed by atoms with van der Waals surface area (Å²) in [6.07, 6.45) is 6.09. The molecule has 3 aliphatic carbocycles. The second kappa shape index (κ2) is 7.83. The van der Waals surface area contributed by atoms with Crippen molar-refractivity contribution >= 4 is 34.1 Å². The Balaban J connectivity index is 1.58. The number of carbonyl (C=O) groups excluding carboxylic acids is 2. The van der Waals surface area contributed by atoms with Crippen molar-refractivity contribution in [2.24, 2.45) is 29.4 Å². The van der Waals surface area contributed by atoms with Crippen LogP contribution in [0.15, 0.2) is 48.6 Å². The number of thiophene rings is 1. The molecule has 0 saturated heterocycles. The number of carbonyl (C=O) groups is 3. The fourth-order valence-electron chi connectivity index (χ4n) is 4.49. The SMILES string of the molecule is NC(=O)c1cc(Cc2ccccc2)sc1NC(=O)[C@@H]1[C@H](C(=O)O)[C@H]2C=C[C@H]1CC2. The van der Waals surface area contributed by atoms with Gasteiger partial charge in [0.1, 0.15) is 5.00 Å². The van der Waals surface area contributed by atoms with E-state index in [0.29, 0.717) is 11.4 Å². The number of allylic oxidation sites excluding steroid dienone is 2. The van der Waals surface area contributed by atoms with E-state index in [9.17, 15) is 19.5 Å². The number of anilines is 1. The first kappa shape index (κ1) is 19.4. The van der Waals surface area contributed by atoms with Crippen LogP contribution >= 0.6 is 11.3 Å². The number of carboxylic acids is 1. The van der Waals surface area contributed by atoms with E-state index in [1.807, 2.05) is 42.5 Å². The average molecular weight is 410 g/mol. The molecule has 6 nitrogen and oxygen atoms in total. The molecule has 7 heteroatoms. The summed E-state index contributed by atoms with van der Waals surface area (Å²) in [4.78, 5) is 37.7. The van der Waals surface area contributed by atoms with Gasteiger partial charge in [0.25, 0.3) is 5.91 Å². The zero-order chi connectivity index (χ0) is 20.5. The topological polar surface area (TPSA) is 109 Å². The Bertz CT molecular complexity index is 982. The zero-order valence-electron chi connectivity index (χ0n) is 15.7. The molecule has 4 atom stereocenters. The lowest BCUT2D eigenvalue weighted by Crippen LogP contribution is -2.47. The number of rotatable bonds is 6. The Morgan fingerprint density at radius 2 is 1.72 bits per heavy atom. The van der Waals surface area contributed by atoms with Crippen molar-refractivity contribution in [3.63, 3.8) is 0 Å². The lowest BCUT2D eigenvalue weighted by molar-refractivity contribution is -0.151. The Kier molecular flexibility index (Phi) is 5.24. The van der Waals surface area contributed by atoms with E-state index in [2.05, 4.69) is 5.32 Å². The van der Waals surface area contributed by atoms with E-state index in [1.54, 1.807) is 6.07 Å². The van der Waals surface area contributed by atoms with E-state index in [4.69, 9.17) is 5.73 Å². The van der Waals surface area contributed by atoms with Gasteiger partial charge in [0, 0.05) is 11.3 Å². The molecular formula is C22H22N2O4S. The molecule has 5 rings (SSSR count). The van der Waals surface area contributed by atoms with E-state index in [1.165, 1.54) is 11.3 Å². The first-order valence-corrected chi connectivity index (χ1v) is 10.4. The van der Waals surface area contributed by atoms with Gasteiger partial charge in [-0.3, -0.25) is 14.4 Å². The summed E-state index contributed by atoms with van der Waals surface area (Å²) in [6.45, 7) is 0. The minimum atomic E-state index is -0.949. The standard InChI is InChI=1S/C22H22N2O4S/c23-19(25)16-11-15(10-12-4-2-1-3-5-12)29-21(16)24-20(26)17-13-6-8-14(9-7-13)18(17)22(27)28/h1-6,8,11,13-14,17-18H,7,9-10H2,(H2,23,25)(H,24,26)(H,27,28)/t13-,14-,17-,18+/m0/s1. The summed E-state index contributed by atoms with van der Waals surface area (Å²) in [5, 5.41) is 12.9. The normalized spacial score (nSPS) is 25.0. The van der Waals surface area contributed by atoms with E-state index < -0.39 is 23.7 Å². The molecule has 4 N–H and O–H groups in total. The smallest absolute Gasteiger partial charge is 0.307 e. The minimum Gasteiger partial charge on any atom is -0.481 e. The maximum atomic E-state index is 13.1. The fourth-order valence-corrected chi connectivity index (χ4v) is 5.58. The lowest BCUT2D eigenvalue weighted by Gasteiger charge is -2.41. The van der Waals surface area contributed by atoms with Gasteiger partial charge in [-0.15, -0.1) is 11.3 Å². The Hall–Kier alpha value is -2.93. The number of benzene rings is 1. The van der Waals surface area contributed by atoms with Crippen LogP contribution in [0.3, 0.4) is 0 Å². The predicted molar refractivity (Wildman–Crippen MR) is 111 cm³/mol. The van der Waals surface area contributed by atoms with Crippen LogP contribution in [-0.2, 0) is 16.0 Å². The molecule has 0 radical (unpaired) electrons. The van der Waals surface area contributed by atoms with Crippen LogP contribution in [0.2, 0.25) is 0 Å². The molecule has 1 aromatic carbocycles. The zero-order valence-corrected chi connectivity index (χ0v) is 16.5. The number of nitrogens with two attached hydrogens (primary N) is 1. The summed E-state index contributed by atoms with van der Waals surface area (Å²) in [7, 11) is 0. The second-order valence-electron chi connectivity index (χ2n) is 7.65.